The van der Waals surface area contributed by atoms with Crippen molar-refractivity contribution in [1.82, 2.24) is 4.98 Å². The Morgan fingerprint density at radius 1 is 0.963 bits per heavy atom. The fraction of sp³-hybridized carbons (Fsp3) is 0.130. The van der Waals surface area contributed by atoms with Gasteiger partial charge in [-0.3, -0.25) is 4.79 Å². The molecule has 4 heteroatoms. The minimum atomic E-state index is 0.0559. The van der Waals surface area contributed by atoms with Gasteiger partial charge in [-0.2, -0.15) is 0 Å². The average Bonchev–Trinajstić information content (AvgIpc) is 3.40. The zero-order valence-electron chi connectivity index (χ0n) is 14.6. The lowest BCUT2D eigenvalue weighted by molar-refractivity contribution is -0.117. The van der Waals surface area contributed by atoms with Crippen LogP contribution in [0.4, 0.5) is 5.13 Å². The van der Waals surface area contributed by atoms with Crippen LogP contribution in [0.25, 0.3) is 22.0 Å². The number of fused-ring (bicyclic) bond motifs is 1. The zero-order chi connectivity index (χ0) is 18.2. The quantitative estimate of drug-likeness (QED) is 0.500. The molecule has 1 saturated carbocycles. The lowest BCUT2D eigenvalue weighted by atomic mass is 10.1. The number of nitrogens with one attached hydrogen (secondary N) is 1. The minimum Gasteiger partial charge on any atom is -0.302 e. The molecule has 1 aliphatic carbocycles. The third-order valence-corrected chi connectivity index (χ3v) is 5.89. The molecule has 2 atom stereocenters. The van der Waals surface area contributed by atoms with Crippen LogP contribution in [0.2, 0.25) is 0 Å². The lowest BCUT2D eigenvalue weighted by Gasteiger charge is -2.02. The van der Waals surface area contributed by atoms with Crippen LogP contribution >= 0.6 is 11.3 Å². The first-order valence-corrected chi connectivity index (χ1v) is 9.96. The Labute approximate surface area is 161 Å². The average molecular weight is 370 g/mol. The number of amides is 1. The summed E-state index contributed by atoms with van der Waals surface area (Å²) < 4.78 is 0. The molecule has 0 saturated heterocycles. The summed E-state index contributed by atoms with van der Waals surface area (Å²) in [6.07, 6.45) is 0.915. The van der Waals surface area contributed by atoms with Crippen LogP contribution in [0.3, 0.4) is 0 Å². The Balaban J connectivity index is 1.30. The summed E-state index contributed by atoms with van der Waals surface area (Å²) in [5.74, 6) is 0.467. The molecule has 0 spiro atoms. The van der Waals surface area contributed by atoms with Gasteiger partial charge >= 0.3 is 0 Å². The van der Waals surface area contributed by atoms with Crippen LogP contribution in [0.5, 0.6) is 0 Å². The van der Waals surface area contributed by atoms with Crippen molar-refractivity contribution in [1.29, 1.82) is 0 Å². The van der Waals surface area contributed by atoms with Gasteiger partial charge in [0.25, 0.3) is 0 Å². The molecular weight excluding hydrogens is 352 g/mol. The smallest absolute Gasteiger partial charge is 0.229 e. The van der Waals surface area contributed by atoms with Gasteiger partial charge in [0.15, 0.2) is 5.13 Å². The van der Waals surface area contributed by atoms with E-state index in [1.807, 2.05) is 35.7 Å². The van der Waals surface area contributed by atoms with E-state index in [9.17, 15) is 4.79 Å². The van der Waals surface area contributed by atoms with E-state index in [4.69, 9.17) is 0 Å². The number of hydrogen-bond acceptors (Lipinski definition) is 3. The molecule has 1 heterocycles. The SMILES string of the molecule is O=C(Nc1nc(-c2ccc3ccccc3c2)cs1)C1CC1c1ccccc1. The number of carbonyl (C=O) groups excluding carboxylic acids is 1. The first-order chi connectivity index (χ1) is 13.3. The Bertz CT molecular complexity index is 1120. The second-order valence-corrected chi connectivity index (χ2v) is 7.81. The van der Waals surface area contributed by atoms with Crippen molar-refractivity contribution in [2.45, 2.75) is 12.3 Å². The summed E-state index contributed by atoms with van der Waals surface area (Å²) >= 11 is 1.48. The van der Waals surface area contributed by atoms with E-state index >= 15 is 0 Å². The molecule has 1 N–H and O–H groups in total. The molecule has 3 nitrogen and oxygen atoms in total. The molecule has 27 heavy (non-hydrogen) atoms. The van der Waals surface area contributed by atoms with Crippen molar-refractivity contribution in [3.63, 3.8) is 0 Å². The van der Waals surface area contributed by atoms with Gasteiger partial charge in [-0.25, -0.2) is 4.98 Å². The fourth-order valence-corrected chi connectivity index (χ4v) is 4.29. The maximum atomic E-state index is 12.5. The van der Waals surface area contributed by atoms with Crippen molar-refractivity contribution in [3.8, 4) is 11.3 Å². The number of thiazole rings is 1. The van der Waals surface area contributed by atoms with E-state index in [-0.39, 0.29) is 11.8 Å². The molecule has 1 fully saturated rings. The van der Waals surface area contributed by atoms with Crippen molar-refractivity contribution in [3.05, 3.63) is 83.7 Å². The van der Waals surface area contributed by atoms with Gasteiger partial charge in [-0.05, 0) is 34.7 Å². The molecule has 3 aromatic carbocycles. The zero-order valence-corrected chi connectivity index (χ0v) is 15.4. The second kappa shape index (κ2) is 6.63. The topological polar surface area (TPSA) is 42.0 Å². The number of benzene rings is 3. The lowest BCUT2D eigenvalue weighted by Crippen LogP contribution is -2.14. The van der Waals surface area contributed by atoms with Crippen molar-refractivity contribution in [2.75, 3.05) is 5.32 Å². The molecule has 0 aliphatic heterocycles. The van der Waals surface area contributed by atoms with Gasteiger partial charge in [0, 0.05) is 16.9 Å². The Morgan fingerprint density at radius 3 is 2.59 bits per heavy atom. The predicted molar refractivity (Wildman–Crippen MR) is 111 cm³/mol. The highest BCUT2D eigenvalue weighted by atomic mass is 32.1. The van der Waals surface area contributed by atoms with E-state index in [0.717, 1.165) is 17.7 Å². The van der Waals surface area contributed by atoms with E-state index in [1.54, 1.807) is 0 Å². The maximum Gasteiger partial charge on any atom is 0.229 e. The van der Waals surface area contributed by atoms with Crippen LogP contribution in [0.1, 0.15) is 17.9 Å². The molecule has 1 aliphatic rings. The van der Waals surface area contributed by atoms with Gasteiger partial charge in [0.05, 0.1) is 5.69 Å². The number of carbonyl (C=O) groups is 1. The number of anilines is 1. The van der Waals surface area contributed by atoms with Crippen LogP contribution in [-0.4, -0.2) is 10.9 Å². The van der Waals surface area contributed by atoms with Crippen molar-refractivity contribution in [2.24, 2.45) is 5.92 Å². The highest BCUT2D eigenvalue weighted by molar-refractivity contribution is 7.14. The van der Waals surface area contributed by atoms with Crippen molar-refractivity contribution >= 4 is 33.1 Å². The normalized spacial score (nSPS) is 18.4. The summed E-state index contributed by atoms with van der Waals surface area (Å²) in [5.41, 5.74) is 3.21. The van der Waals surface area contributed by atoms with Gasteiger partial charge < -0.3 is 5.32 Å². The van der Waals surface area contributed by atoms with Crippen LogP contribution in [0, 0.1) is 5.92 Å². The number of nitrogens with zero attached hydrogens (tertiary/aromatic N) is 1. The molecule has 4 aromatic rings. The van der Waals surface area contributed by atoms with Gasteiger partial charge in [0.2, 0.25) is 5.91 Å². The molecule has 132 valence electrons. The van der Waals surface area contributed by atoms with E-state index < -0.39 is 0 Å². The first kappa shape index (κ1) is 16.2. The summed E-state index contributed by atoms with van der Waals surface area (Å²) in [4.78, 5) is 17.2. The minimum absolute atomic E-state index is 0.0559. The van der Waals surface area contributed by atoms with Gasteiger partial charge in [0.1, 0.15) is 0 Å². The maximum absolute atomic E-state index is 12.5. The third kappa shape index (κ3) is 3.24. The van der Waals surface area contributed by atoms with E-state index in [2.05, 4.69) is 52.8 Å². The molecule has 0 radical (unpaired) electrons. The van der Waals surface area contributed by atoms with Crippen molar-refractivity contribution < 1.29 is 4.79 Å². The molecular formula is C23H18N2OS. The number of aromatic nitrogens is 1. The fourth-order valence-electron chi connectivity index (χ4n) is 3.56. The monoisotopic (exact) mass is 370 g/mol. The summed E-state index contributed by atoms with van der Waals surface area (Å²) in [5, 5.41) is 8.07. The third-order valence-electron chi connectivity index (χ3n) is 5.13. The molecule has 5 rings (SSSR count). The van der Waals surface area contributed by atoms with Crippen LogP contribution < -0.4 is 5.32 Å². The molecule has 2 unspecified atom stereocenters. The summed E-state index contributed by atoms with van der Waals surface area (Å²) in [7, 11) is 0. The number of rotatable bonds is 4. The van der Waals surface area contributed by atoms with E-state index in [1.165, 1.54) is 27.7 Å². The molecule has 1 aromatic heterocycles. The standard InChI is InChI=1S/C23H18N2OS/c26-22(20-13-19(20)16-7-2-1-3-8-16)25-23-24-21(14-27-23)18-11-10-15-6-4-5-9-17(15)12-18/h1-12,14,19-20H,13H2,(H,24,25,26). The Kier molecular flexibility index (Phi) is 3.98. The Hall–Kier alpha value is -2.98. The highest BCUT2D eigenvalue weighted by Crippen LogP contribution is 2.48. The summed E-state index contributed by atoms with van der Waals surface area (Å²) in [6, 6.07) is 24.9. The first-order valence-electron chi connectivity index (χ1n) is 9.08. The second-order valence-electron chi connectivity index (χ2n) is 6.95. The highest BCUT2D eigenvalue weighted by Gasteiger charge is 2.44. The molecule has 1 amide bonds. The van der Waals surface area contributed by atoms with Crippen LogP contribution in [0.15, 0.2) is 78.2 Å². The molecule has 0 bridgehead atoms. The Morgan fingerprint density at radius 2 is 1.74 bits per heavy atom. The van der Waals surface area contributed by atoms with E-state index in [0.29, 0.717) is 11.0 Å². The van der Waals surface area contributed by atoms with Gasteiger partial charge in [-0.1, -0.05) is 66.7 Å². The predicted octanol–water partition coefficient (Wildman–Crippen LogP) is 5.71. The largest absolute Gasteiger partial charge is 0.302 e. The summed E-state index contributed by atoms with van der Waals surface area (Å²) in [6.45, 7) is 0. The number of hydrogen-bond donors (Lipinski definition) is 1. The van der Waals surface area contributed by atoms with Gasteiger partial charge in [-0.15, -0.1) is 11.3 Å². The van der Waals surface area contributed by atoms with Crippen LogP contribution in [-0.2, 0) is 4.79 Å².